The maximum absolute atomic E-state index is 6.71. The van der Waals surface area contributed by atoms with Gasteiger partial charge in [-0.05, 0) is 44.9 Å². The molecule has 0 saturated heterocycles. The van der Waals surface area contributed by atoms with E-state index in [1.807, 2.05) is 13.1 Å². The monoisotopic (exact) mass is 276 g/mol. The minimum absolute atomic E-state index is 0.120. The molecule has 2 N–H and O–H groups in total. The van der Waals surface area contributed by atoms with Gasteiger partial charge in [0.15, 0.2) is 0 Å². The average molecular weight is 276 g/mol. The maximum Gasteiger partial charge on any atom is 0.128 e. The van der Waals surface area contributed by atoms with Gasteiger partial charge in [-0.3, -0.25) is 4.98 Å². The highest BCUT2D eigenvalue weighted by Crippen LogP contribution is 2.38. The zero-order chi connectivity index (χ0) is 14.9. The average Bonchev–Trinajstić information content (AvgIpc) is 2.39. The Morgan fingerprint density at radius 2 is 2.10 bits per heavy atom. The molecule has 20 heavy (non-hydrogen) atoms. The van der Waals surface area contributed by atoms with Crippen LogP contribution in [0.4, 0.5) is 0 Å². The Labute approximate surface area is 122 Å². The number of hydrogen-bond donors (Lipinski definition) is 1. The molecule has 112 valence electrons. The van der Waals surface area contributed by atoms with Crippen LogP contribution in [0.25, 0.3) is 0 Å². The number of aromatic nitrogens is 1. The number of pyridine rings is 1. The lowest BCUT2D eigenvalue weighted by Gasteiger charge is -2.42. The summed E-state index contributed by atoms with van der Waals surface area (Å²) in [4.78, 5) is 4.62. The van der Waals surface area contributed by atoms with Crippen molar-refractivity contribution in [2.45, 2.75) is 58.9 Å². The van der Waals surface area contributed by atoms with Crippen molar-refractivity contribution < 1.29 is 4.74 Å². The SMILES string of the molecule is COc1c(C)cnc(CC2(N)CCC(C)CC2C)c1C. The summed E-state index contributed by atoms with van der Waals surface area (Å²) in [5.41, 5.74) is 9.92. The first-order valence-electron chi connectivity index (χ1n) is 7.65. The van der Waals surface area contributed by atoms with Crippen molar-refractivity contribution >= 4 is 0 Å². The highest BCUT2D eigenvalue weighted by molar-refractivity contribution is 5.41. The molecule has 1 aliphatic carbocycles. The van der Waals surface area contributed by atoms with Crippen LogP contribution < -0.4 is 10.5 Å². The molecule has 1 fully saturated rings. The molecule has 0 radical (unpaired) electrons. The van der Waals surface area contributed by atoms with Gasteiger partial charge in [0.25, 0.3) is 0 Å². The van der Waals surface area contributed by atoms with E-state index in [9.17, 15) is 0 Å². The van der Waals surface area contributed by atoms with Gasteiger partial charge in [-0.1, -0.05) is 13.8 Å². The predicted octanol–water partition coefficient (Wildman–Crippen LogP) is 3.40. The number of methoxy groups -OCH3 is 1. The van der Waals surface area contributed by atoms with Gasteiger partial charge in [0, 0.05) is 35.0 Å². The van der Waals surface area contributed by atoms with Crippen molar-refractivity contribution in [2.24, 2.45) is 17.6 Å². The molecule has 0 amide bonds. The summed E-state index contributed by atoms with van der Waals surface area (Å²) in [6, 6.07) is 0. The summed E-state index contributed by atoms with van der Waals surface area (Å²) in [5.74, 6) is 2.29. The zero-order valence-corrected chi connectivity index (χ0v) is 13.5. The summed E-state index contributed by atoms with van der Waals surface area (Å²) in [5, 5.41) is 0. The molecule has 1 aliphatic rings. The van der Waals surface area contributed by atoms with E-state index in [-0.39, 0.29) is 5.54 Å². The number of nitrogens with two attached hydrogens (primary N) is 1. The maximum atomic E-state index is 6.71. The summed E-state index contributed by atoms with van der Waals surface area (Å²) >= 11 is 0. The number of hydrogen-bond acceptors (Lipinski definition) is 3. The van der Waals surface area contributed by atoms with Crippen LogP contribution in [0.1, 0.15) is 49.9 Å². The molecule has 1 aromatic rings. The van der Waals surface area contributed by atoms with Gasteiger partial charge in [0.05, 0.1) is 7.11 Å². The topological polar surface area (TPSA) is 48.1 Å². The zero-order valence-electron chi connectivity index (χ0n) is 13.5. The standard InChI is InChI=1S/C17H28N2O/c1-11-6-7-17(18,13(3)8-11)9-15-14(4)16(20-5)12(2)10-19-15/h10-11,13H,6-9,18H2,1-5H3. The largest absolute Gasteiger partial charge is 0.496 e. The normalized spacial score (nSPS) is 30.3. The third-order valence-electron chi connectivity index (χ3n) is 5.09. The molecule has 0 spiro atoms. The van der Waals surface area contributed by atoms with Crippen molar-refractivity contribution in [3.8, 4) is 5.75 Å². The predicted molar refractivity (Wildman–Crippen MR) is 83.1 cm³/mol. The van der Waals surface area contributed by atoms with E-state index in [0.29, 0.717) is 5.92 Å². The van der Waals surface area contributed by atoms with Crippen LogP contribution >= 0.6 is 0 Å². The second kappa shape index (κ2) is 5.72. The third-order valence-corrected chi connectivity index (χ3v) is 5.09. The third kappa shape index (κ3) is 2.83. The molecule has 0 aliphatic heterocycles. The van der Waals surface area contributed by atoms with Crippen molar-refractivity contribution in [1.29, 1.82) is 0 Å². The van der Waals surface area contributed by atoms with Crippen molar-refractivity contribution in [3.63, 3.8) is 0 Å². The minimum Gasteiger partial charge on any atom is -0.496 e. The first kappa shape index (κ1) is 15.3. The van der Waals surface area contributed by atoms with E-state index in [4.69, 9.17) is 10.5 Å². The quantitative estimate of drug-likeness (QED) is 0.920. The highest BCUT2D eigenvalue weighted by atomic mass is 16.5. The fraction of sp³-hybridized carbons (Fsp3) is 0.706. The van der Waals surface area contributed by atoms with E-state index in [1.165, 1.54) is 12.8 Å². The molecule has 1 heterocycles. The fourth-order valence-corrected chi connectivity index (χ4v) is 3.54. The van der Waals surface area contributed by atoms with Crippen LogP contribution in [-0.2, 0) is 6.42 Å². The molecule has 2 rings (SSSR count). The minimum atomic E-state index is -0.120. The molecule has 1 saturated carbocycles. The number of nitrogens with zero attached hydrogens (tertiary/aromatic N) is 1. The number of aryl methyl sites for hydroxylation is 1. The van der Waals surface area contributed by atoms with E-state index in [1.54, 1.807) is 7.11 Å². The second-order valence-corrected chi connectivity index (χ2v) is 6.74. The lowest BCUT2D eigenvalue weighted by molar-refractivity contribution is 0.162. The van der Waals surface area contributed by atoms with Crippen LogP contribution in [0.3, 0.4) is 0 Å². The molecule has 3 unspecified atom stereocenters. The van der Waals surface area contributed by atoms with Gasteiger partial charge in [-0.25, -0.2) is 0 Å². The van der Waals surface area contributed by atoms with Gasteiger partial charge >= 0.3 is 0 Å². The summed E-state index contributed by atoms with van der Waals surface area (Å²) in [6.07, 6.45) is 6.29. The Kier molecular flexibility index (Phi) is 4.38. The van der Waals surface area contributed by atoms with E-state index >= 15 is 0 Å². The lowest BCUT2D eigenvalue weighted by atomic mass is 9.68. The van der Waals surface area contributed by atoms with Gasteiger partial charge in [-0.15, -0.1) is 0 Å². The smallest absolute Gasteiger partial charge is 0.128 e. The highest BCUT2D eigenvalue weighted by Gasteiger charge is 2.37. The Balaban J connectivity index is 2.26. The molecule has 3 atom stereocenters. The van der Waals surface area contributed by atoms with Gasteiger partial charge < -0.3 is 10.5 Å². The van der Waals surface area contributed by atoms with Gasteiger partial charge in [0.1, 0.15) is 5.75 Å². The number of rotatable bonds is 3. The molecular weight excluding hydrogens is 248 g/mol. The Morgan fingerprint density at radius 1 is 1.40 bits per heavy atom. The van der Waals surface area contributed by atoms with Crippen LogP contribution in [-0.4, -0.2) is 17.6 Å². The molecule has 3 heteroatoms. The summed E-state index contributed by atoms with van der Waals surface area (Å²) < 4.78 is 5.50. The lowest BCUT2D eigenvalue weighted by Crippen LogP contribution is -2.51. The second-order valence-electron chi connectivity index (χ2n) is 6.74. The summed E-state index contributed by atoms with van der Waals surface area (Å²) in [7, 11) is 1.72. The van der Waals surface area contributed by atoms with E-state index < -0.39 is 0 Å². The van der Waals surface area contributed by atoms with Crippen LogP contribution in [0.2, 0.25) is 0 Å². The van der Waals surface area contributed by atoms with E-state index in [0.717, 1.165) is 41.3 Å². The first-order chi connectivity index (χ1) is 9.37. The Hall–Kier alpha value is -1.09. The Bertz CT molecular complexity index is 486. The van der Waals surface area contributed by atoms with Crippen molar-refractivity contribution in [1.82, 2.24) is 4.98 Å². The molecule has 0 aromatic carbocycles. The summed E-state index contributed by atoms with van der Waals surface area (Å²) in [6.45, 7) is 8.74. The number of ether oxygens (including phenoxy) is 1. The van der Waals surface area contributed by atoms with E-state index in [2.05, 4.69) is 25.8 Å². The first-order valence-corrected chi connectivity index (χ1v) is 7.65. The van der Waals surface area contributed by atoms with Gasteiger partial charge in [0.2, 0.25) is 0 Å². The van der Waals surface area contributed by atoms with Crippen LogP contribution in [0.5, 0.6) is 5.75 Å². The molecular formula is C17H28N2O. The van der Waals surface area contributed by atoms with Crippen LogP contribution in [0, 0.1) is 25.7 Å². The molecule has 0 bridgehead atoms. The Morgan fingerprint density at radius 3 is 2.70 bits per heavy atom. The fourth-order valence-electron chi connectivity index (χ4n) is 3.54. The molecule has 3 nitrogen and oxygen atoms in total. The van der Waals surface area contributed by atoms with Crippen molar-refractivity contribution in [3.05, 3.63) is 23.0 Å². The molecule has 1 aromatic heterocycles. The van der Waals surface area contributed by atoms with Crippen LogP contribution in [0.15, 0.2) is 6.20 Å². The van der Waals surface area contributed by atoms with Gasteiger partial charge in [-0.2, -0.15) is 0 Å². The van der Waals surface area contributed by atoms with Crippen molar-refractivity contribution in [2.75, 3.05) is 7.11 Å².